The number of benzene rings is 1. The van der Waals surface area contributed by atoms with Crippen molar-refractivity contribution >= 4 is 17.4 Å². The molecule has 0 radical (unpaired) electrons. The van der Waals surface area contributed by atoms with E-state index in [4.69, 9.17) is 29.9 Å². The van der Waals surface area contributed by atoms with Crippen LogP contribution in [0.15, 0.2) is 18.2 Å². The van der Waals surface area contributed by atoms with Crippen LogP contribution in [-0.4, -0.2) is 38.8 Å². The van der Waals surface area contributed by atoms with Gasteiger partial charge in [0.25, 0.3) is 0 Å². The van der Waals surface area contributed by atoms with Crippen molar-refractivity contribution in [1.29, 1.82) is 5.26 Å². The molecule has 28 heavy (non-hydrogen) atoms. The predicted octanol–water partition coefficient (Wildman–Crippen LogP) is 2.14. The number of aromatic nitrogens is 1. The third kappa shape index (κ3) is 4.54. The average Bonchev–Trinajstić information content (AvgIpc) is 2.67. The Morgan fingerprint density at radius 3 is 2.32 bits per heavy atom. The van der Waals surface area contributed by atoms with E-state index in [0.717, 1.165) is 0 Å². The first-order chi connectivity index (χ1) is 13.5. The fourth-order valence-electron chi connectivity index (χ4n) is 2.57. The van der Waals surface area contributed by atoms with Crippen molar-refractivity contribution in [2.45, 2.75) is 13.3 Å². The predicted molar refractivity (Wildman–Crippen MR) is 103 cm³/mol. The Morgan fingerprint density at radius 1 is 1.18 bits per heavy atom. The van der Waals surface area contributed by atoms with Crippen molar-refractivity contribution in [3.05, 3.63) is 29.3 Å². The van der Waals surface area contributed by atoms with Gasteiger partial charge in [0.05, 0.1) is 40.0 Å². The van der Waals surface area contributed by atoms with Crippen molar-refractivity contribution in [3.63, 3.8) is 0 Å². The zero-order chi connectivity index (χ0) is 20.7. The Hall–Kier alpha value is -3.67. The second-order valence-corrected chi connectivity index (χ2v) is 5.58. The van der Waals surface area contributed by atoms with E-state index in [1.165, 1.54) is 27.4 Å². The van der Waals surface area contributed by atoms with Gasteiger partial charge in [-0.25, -0.2) is 0 Å². The fraction of sp³-hybridized carbons (Fsp3) is 0.316. The number of methoxy groups -OCH3 is 3. The lowest BCUT2D eigenvalue weighted by molar-refractivity contribution is -0.115. The van der Waals surface area contributed by atoms with Crippen LogP contribution in [-0.2, 0) is 11.2 Å². The normalized spacial score (nSPS) is 9.96. The molecule has 0 spiro atoms. The molecule has 9 heteroatoms. The van der Waals surface area contributed by atoms with Gasteiger partial charge in [0.15, 0.2) is 11.5 Å². The molecule has 3 N–H and O–H groups in total. The Balaban J connectivity index is 2.24. The summed E-state index contributed by atoms with van der Waals surface area (Å²) in [7, 11) is 4.50. The molecule has 1 amide bonds. The van der Waals surface area contributed by atoms with Gasteiger partial charge in [0.2, 0.25) is 17.5 Å². The number of nitrogen functional groups attached to an aromatic ring is 1. The van der Waals surface area contributed by atoms with Gasteiger partial charge in [-0.3, -0.25) is 4.79 Å². The summed E-state index contributed by atoms with van der Waals surface area (Å²) in [6.45, 7) is 2.07. The second-order valence-electron chi connectivity index (χ2n) is 5.58. The Bertz CT molecular complexity index is 883. The number of hydrogen-bond donors (Lipinski definition) is 2. The molecular weight excluding hydrogens is 364 g/mol. The first kappa shape index (κ1) is 20.6. The van der Waals surface area contributed by atoms with Crippen LogP contribution in [0, 0.1) is 11.3 Å². The largest absolute Gasteiger partial charge is 0.493 e. The topological polar surface area (TPSA) is 129 Å². The molecule has 0 aliphatic heterocycles. The van der Waals surface area contributed by atoms with E-state index in [2.05, 4.69) is 10.3 Å². The smallest absolute Gasteiger partial charge is 0.235 e. The molecule has 0 saturated heterocycles. The van der Waals surface area contributed by atoms with Crippen molar-refractivity contribution in [1.82, 2.24) is 4.98 Å². The molecule has 0 bridgehead atoms. The van der Waals surface area contributed by atoms with Gasteiger partial charge in [0.1, 0.15) is 17.5 Å². The van der Waals surface area contributed by atoms with Gasteiger partial charge >= 0.3 is 0 Å². The van der Waals surface area contributed by atoms with Crippen LogP contribution in [0.4, 0.5) is 11.5 Å². The van der Waals surface area contributed by atoms with Crippen LogP contribution in [0.1, 0.15) is 18.1 Å². The van der Waals surface area contributed by atoms with Crippen molar-refractivity contribution in [3.8, 4) is 29.2 Å². The standard InChI is InChI=1S/C19H22N4O5/c1-5-28-19-12(10-20)13(21)9-16(23-19)22-17(24)8-11-6-14(25-2)18(27-4)15(7-11)26-3/h6-7,9H,5,8H2,1-4H3,(H3,21,22,23,24). The van der Waals surface area contributed by atoms with Gasteiger partial charge < -0.3 is 30.0 Å². The first-order valence-electron chi connectivity index (χ1n) is 8.39. The minimum absolute atomic E-state index is 0.0300. The lowest BCUT2D eigenvalue weighted by atomic mass is 10.1. The summed E-state index contributed by atoms with van der Waals surface area (Å²) in [4.78, 5) is 16.6. The summed E-state index contributed by atoms with van der Waals surface area (Å²) in [5.74, 6) is 1.27. The van der Waals surface area contributed by atoms with Gasteiger partial charge in [-0.15, -0.1) is 0 Å². The number of nitrogens with two attached hydrogens (primary N) is 1. The third-order valence-corrected chi connectivity index (χ3v) is 3.77. The number of nitriles is 1. The lowest BCUT2D eigenvalue weighted by Crippen LogP contribution is -2.16. The molecule has 9 nitrogen and oxygen atoms in total. The maximum atomic E-state index is 12.5. The monoisotopic (exact) mass is 386 g/mol. The van der Waals surface area contributed by atoms with E-state index in [0.29, 0.717) is 29.4 Å². The van der Waals surface area contributed by atoms with E-state index in [9.17, 15) is 4.79 Å². The van der Waals surface area contributed by atoms with Crippen molar-refractivity contribution < 1.29 is 23.7 Å². The second kappa shape index (κ2) is 9.32. The van der Waals surface area contributed by atoms with Crippen LogP contribution in [0.5, 0.6) is 23.1 Å². The van der Waals surface area contributed by atoms with E-state index in [1.54, 1.807) is 19.1 Å². The molecule has 0 fully saturated rings. The van der Waals surface area contributed by atoms with Gasteiger partial charge in [-0.2, -0.15) is 10.2 Å². The van der Waals surface area contributed by atoms with Crippen LogP contribution in [0.25, 0.3) is 0 Å². The van der Waals surface area contributed by atoms with E-state index < -0.39 is 0 Å². The van der Waals surface area contributed by atoms with Gasteiger partial charge in [-0.05, 0) is 24.6 Å². The zero-order valence-corrected chi connectivity index (χ0v) is 16.2. The molecule has 1 aromatic carbocycles. The first-order valence-corrected chi connectivity index (χ1v) is 8.39. The highest BCUT2D eigenvalue weighted by Crippen LogP contribution is 2.38. The van der Waals surface area contributed by atoms with Crippen LogP contribution < -0.4 is 30.0 Å². The van der Waals surface area contributed by atoms with Gasteiger partial charge in [0, 0.05) is 6.07 Å². The molecule has 2 aromatic rings. The summed E-state index contributed by atoms with van der Waals surface area (Å²) >= 11 is 0. The van der Waals surface area contributed by atoms with Crippen LogP contribution in [0.2, 0.25) is 0 Å². The van der Waals surface area contributed by atoms with Crippen molar-refractivity contribution in [2.24, 2.45) is 0 Å². The summed E-state index contributed by atoms with van der Waals surface area (Å²) in [6, 6.07) is 6.73. The average molecular weight is 386 g/mol. The maximum absolute atomic E-state index is 12.5. The van der Waals surface area contributed by atoms with Crippen LogP contribution in [0.3, 0.4) is 0 Å². The summed E-state index contributed by atoms with van der Waals surface area (Å²) in [5, 5.41) is 11.8. The number of carbonyl (C=O) groups excluding carboxylic acids is 1. The molecule has 0 unspecified atom stereocenters. The SMILES string of the molecule is CCOc1nc(NC(=O)Cc2cc(OC)c(OC)c(OC)c2)cc(N)c1C#N. The Morgan fingerprint density at radius 2 is 1.82 bits per heavy atom. The number of anilines is 2. The number of rotatable bonds is 8. The number of nitrogens with one attached hydrogen (secondary N) is 1. The number of pyridine rings is 1. The molecule has 0 aliphatic carbocycles. The molecule has 0 saturated carbocycles. The lowest BCUT2D eigenvalue weighted by Gasteiger charge is -2.14. The molecule has 1 aromatic heterocycles. The number of ether oxygens (including phenoxy) is 4. The number of amides is 1. The number of hydrogen-bond acceptors (Lipinski definition) is 8. The summed E-state index contributed by atoms with van der Waals surface area (Å²) in [6.07, 6.45) is 0.0300. The number of carbonyl (C=O) groups is 1. The van der Waals surface area contributed by atoms with Crippen molar-refractivity contribution in [2.75, 3.05) is 39.0 Å². The van der Waals surface area contributed by atoms with Gasteiger partial charge in [-0.1, -0.05) is 0 Å². The molecule has 2 rings (SSSR count). The molecular formula is C19H22N4O5. The fourth-order valence-corrected chi connectivity index (χ4v) is 2.57. The molecule has 1 heterocycles. The highest BCUT2D eigenvalue weighted by molar-refractivity contribution is 5.92. The van der Waals surface area contributed by atoms with E-state index >= 15 is 0 Å². The summed E-state index contributed by atoms with van der Waals surface area (Å²) < 4.78 is 21.2. The third-order valence-electron chi connectivity index (χ3n) is 3.77. The molecule has 0 atom stereocenters. The highest BCUT2D eigenvalue weighted by atomic mass is 16.5. The minimum atomic E-state index is -0.340. The Labute approximate surface area is 163 Å². The van der Waals surface area contributed by atoms with E-state index in [1.807, 2.05) is 6.07 Å². The number of nitrogens with zero attached hydrogens (tertiary/aromatic N) is 2. The zero-order valence-electron chi connectivity index (χ0n) is 16.2. The molecule has 148 valence electrons. The van der Waals surface area contributed by atoms with Crippen LogP contribution >= 0.6 is 0 Å². The maximum Gasteiger partial charge on any atom is 0.235 e. The highest BCUT2D eigenvalue weighted by Gasteiger charge is 2.17. The summed E-state index contributed by atoms with van der Waals surface area (Å²) in [5.41, 5.74) is 6.81. The van der Waals surface area contributed by atoms with E-state index in [-0.39, 0.29) is 35.3 Å². The minimum Gasteiger partial charge on any atom is -0.493 e. The molecule has 0 aliphatic rings. The quantitative estimate of drug-likeness (QED) is 0.706. The Kier molecular flexibility index (Phi) is 6.87.